The van der Waals surface area contributed by atoms with Crippen LogP contribution < -0.4 is 5.32 Å². The molecule has 3 aromatic rings. The van der Waals surface area contributed by atoms with Gasteiger partial charge in [-0.1, -0.05) is 54.1 Å². The minimum atomic E-state index is -1.12. The van der Waals surface area contributed by atoms with E-state index in [0.29, 0.717) is 18.6 Å². The molecule has 2 aromatic carbocycles. The molecule has 36 heavy (non-hydrogen) atoms. The molecule has 8 nitrogen and oxygen atoms in total. The maximum atomic E-state index is 13.7. The second-order valence-corrected chi connectivity index (χ2v) is 9.62. The molecule has 1 spiro atoms. The van der Waals surface area contributed by atoms with Crippen LogP contribution in [0.15, 0.2) is 76.4 Å². The number of hydrogen-bond acceptors (Lipinski definition) is 5. The number of benzene rings is 2. The second kappa shape index (κ2) is 8.48. The Morgan fingerprint density at radius 3 is 2.69 bits per heavy atom. The molecule has 1 saturated heterocycles. The van der Waals surface area contributed by atoms with Crippen molar-refractivity contribution in [2.24, 2.45) is 5.10 Å². The standard InChI is InChI=1S/C28H26N4O4/c1-18-10-12-20(13-11-18)22-16-23(24-9-5-15-36-24)32(30-22)25(33)17-31-26(34)28(29-27(31)35)14-4-7-19-6-2-3-8-21(19)28/h2-3,5-6,8-13,15,23H,4,7,14,16-17H2,1H3,(H,29,35)/t23-,28-/m1/s1. The number of urea groups is 1. The summed E-state index contributed by atoms with van der Waals surface area (Å²) in [7, 11) is 0. The fourth-order valence-corrected chi connectivity index (χ4v) is 5.53. The highest BCUT2D eigenvalue weighted by molar-refractivity contribution is 6.10. The zero-order chi connectivity index (χ0) is 24.9. The monoisotopic (exact) mass is 482 g/mol. The number of fused-ring (bicyclic) bond motifs is 2. The molecule has 1 N–H and O–H groups in total. The van der Waals surface area contributed by atoms with E-state index in [1.54, 1.807) is 18.4 Å². The Morgan fingerprint density at radius 1 is 1.11 bits per heavy atom. The highest BCUT2D eigenvalue weighted by atomic mass is 16.3. The molecule has 1 aliphatic carbocycles. The summed E-state index contributed by atoms with van der Waals surface area (Å²) < 4.78 is 5.62. The number of nitrogens with one attached hydrogen (secondary N) is 1. The molecule has 8 heteroatoms. The lowest BCUT2D eigenvalue weighted by atomic mass is 9.76. The number of imide groups is 1. The van der Waals surface area contributed by atoms with Gasteiger partial charge in [0, 0.05) is 6.42 Å². The number of carbonyl (C=O) groups is 3. The first-order valence-electron chi connectivity index (χ1n) is 12.2. The van der Waals surface area contributed by atoms with E-state index in [0.717, 1.165) is 45.7 Å². The Morgan fingerprint density at radius 2 is 1.92 bits per heavy atom. The highest BCUT2D eigenvalue weighted by Crippen LogP contribution is 2.40. The van der Waals surface area contributed by atoms with Crippen LogP contribution in [0.3, 0.4) is 0 Å². The summed E-state index contributed by atoms with van der Waals surface area (Å²) in [4.78, 5) is 41.2. The number of furan rings is 1. The van der Waals surface area contributed by atoms with Gasteiger partial charge in [0.05, 0.1) is 12.0 Å². The predicted molar refractivity (Wildman–Crippen MR) is 132 cm³/mol. The van der Waals surface area contributed by atoms with Gasteiger partial charge in [-0.3, -0.25) is 14.5 Å². The lowest BCUT2D eigenvalue weighted by Gasteiger charge is -2.33. The summed E-state index contributed by atoms with van der Waals surface area (Å²) in [5, 5.41) is 8.90. The van der Waals surface area contributed by atoms with Crippen LogP contribution in [-0.4, -0.2) is 40.0 Å². The van der Waals surface area contributed by atoms with Crippen LogP contribution in [0.1, 0.15) is 53.3 Å². The van der Waals surface area contributed by atoms with Gasteiger partial charge >= 0.3 is 6.03 Å². The third-order valence-corrected chi connectivity index (χ3v) is 7.37. The van der Waals surface area contributed by atoms with Crippen LogP contribution in [0.2, 0.25) is 0 Å². The van der Waals surface area contributed by atoms with E-state index in [4.69, 9.17) is 4.42 Å². The third-order valence-electron chi connectivity index (χ3n) is 7.37. The molecule has 4 amide bonds. The molecule has 2 atom stereocenters. The van der Waals surface area contributed by atoms with Gasteiger partial charge in [-0.25, -0.2) is 9.80 Å². The topological polar surface area (TPSA) is 95.2 Å². The van der Waals surface area contributed by atoms with Crippen molar-refractivity contribution < 1.29 is 18.8 Å². The Balaban J connectivity index is 1.29. The van der Waals surface area contributed by atoms with Crippen LogP contribution in [0.25, 0.3) is 0 Å². The van der Waals surface area contributed by atoms with Crippen molar-refractivity contribution >= 4 is 23.6 Å². The first kappa shape index (κ1) is 22.3. The number of nitrogens with zero attached hydrogens (tertiary/aromatic N) is 3. The van der Waals surface area contributed by atoms with Gasteiger partial charge in [0.2, 0.25) is 0 Å². The minimum Gasteiger partial charge on any atom is -0.467 e. The number of amides is 4. The molecule has 0 unspecified atom stereocenters. The summed E-state index contributed by atoms with van der Waals surface area (Å²) >= 11 is 0. The van der Waals surface area contributed by atoms with Gasteiger partial charge in [0.25, 0.3) is 11.8 Å². The molecular weight excluding hydrogens is 456 g/mol. The molecule has 2 aliphatic heterocycles. The Labute approximate surface area is 208 Å². The fraction of sp³-hybridized carbons (Fsp3) is 0.286. The van der Waals surface area contributed by atoms with Crippen molar-refractivity contribution in [1.29, 1.82) is 0 Å². The number of rotatable bonds is 4. The molecule has 182 valence electrons. The zero-order valence-electron chi connectivity index (χ0n) is 19.9. The molecule has 3 aliphatic rings. The molecular formula is C28H26N4O4. The smallest absolute Gasteiger partial charge is 0.325 e. The van der Waals surface area contributed by atoms with Crippen molar-refractivity contribution in [2.75, 3.05) is 6.54 Å². The normalized spacial score (nSPS) is 23.1. The first-order chi connectivity index (χ1) is 17.5. The summed E-state index contributed by atoms with van der Waals surface area (Å²) in [6.45, 7) is 1.62. The van der Waals surface area contributed by atoms with Crippen molar-refractivity contribution in [3.63, 3.8) is 0 Å². The van der Waals surface area contributed by atoms with E-state index < -0.39 is 30.1 Å². The molecule has 6 rings (SSSR count). The average Bonchev–Trinajstić information content (AvgIpc) is 3.61. The summed E-state index contributed by atoms with van der Waals surface area (Å²) in [6.07, 6.45) is 4.17. The fourth-order valence-electron chi connectivity index (χ4n) is 5.53. The molecule has 0 saturated carbocycles. The predicted octanol–water partition coefficient (Wildman–Crippen LogP) is 4.05. The van der Waals surface area contributed by atoms with E-state index in [1.165, 1.54) is 5.01 Å². The van der Waals surface area contributed by atoms with Crippen molar-refractivity contribution in [2.45, 2.75) is 44.2 Å². The van der Waals surface area contributed by atoms with E-state index in [-0.39, 0.29) is 5.91 Å². The molecule has 1 fully saturated rings. The van der Waals surface area contributed by atoms with Gasteiger partial charge in [-0.15, -0.1) is 0 Å². The Hall–Kier alpha value is -4.20. The van der Waals surface area contributed by atoms with Gasteiger partial charge in [0.1, 0.15) is 23.9 Å². The maximum absolute atomic E-state index is 13.7. The number of aryl methyl sites for hydroxylation is 2. The SMILES string of the molecule is Cc1ccc(C2=NN(C(=O)CN3C(=O)N[C@@]4(CCCc5ccccc54)C3=O)[C@@H](c3ccco3)C2)cc1. The quantitative estimate of drug-likeness (QED) is 0.568. The van der Waals surface area contributed by atoms with E-state index >= 15 is 0 Å². The molecule has 3 heterocycles. The Kier molecular flexibility index (Phi) is 5.25. The number of hydrazone groups is 1. The molecule has 1 aromatic heterocycles. The average molecular weight is 483 g/mol. The van der Waals surface area contributed by atoms with Gasteiger partial charge in [0.15, 0.2) is 0 Å². The summed E-state index contributed by atoms with van der Waals surface area (Å²) in [6, 6.07) is 18.2. The Bertz CT molecular complexity index is 1380. The lowest BCUT2D eigenvalue weighted by molar-refractivity contribution is -0.140. The van der Waals surface area contributed by atoms with Crippen LogP contribution in [0.5, 0.6) is 0 Å². The minimum absolute atomic E-state index is 0.385. The van der Waals surface area contributed by atoms with Crippen molar-refractivity contribution in [3.8, 4) is 0 Å². The van der Waals surface area contributed by atoms with Crippen LogP contribution >= 0.6 is 0 Å². The largest absolute Gasteiger partial charge is 0.467 e. The summed E-state index contributed by atoms with van der Waals surface area (Å²) in [5.74, 6) is -0.225. The third kappa shape index (κ3) is 3.52. The highest BCUT2D eigenvalue weighted by Gasteiger charge is 2.54. The number of hydrogen-bond donors (Lipinski definition) is 1. The van der Waals surface area contributed by atoms with Gasteiger partial charge in [-0.2, -0.15) is 5.10 Å². The zero-order valence-corrected chi connectivity index (χ0v) is 19.9. The summed E-state index contributed by atoms with van der Waals surface area (Å²) in [5.41, 5.74) is 3.55. The van der Waals surface area contributed by atoms with E-state index in [1.807, 2.05) is 55.5 Å². The maximum Gasteiger partial charge on any atom is 0.325 e. The van der Waals surface area contributed by atoms with Crippen LogP contribution in [0.4, 0.5) is 4.79 Å². The number of carbonyl (C=O) groups excluding carboxylic acids is 3. The lowest BCUT2D eigenvalue weighted by Crippen LogP contribution is -2.47. The van der Waals surface area contributed by atoms with Crippen LogP contribution in [-0.2, 0) is 21.5 Å². The van der Waals surface area contributed by atoms with E-state index in [2.05, 4.69) is 10.4 Å². The molecule has 0 radical (unpaired) electrons. The van der Waals surface area contributed by atoms with Crippen LogP contribution in [0, 0.1) is 6.92 Å². The van der Waals surface area contributed by atoms with Crippen molar-refractivity contribution in [1.82, 2.24) is 15.2 Å². The van der Waals surface area contributed by atoms with Gasteiger partial charge in [-0.05, 0) is 55.0 Å². The van der Waals surface area contributed by atoms with Gasteiger partial charge < -0.3 is 9.73 Å². The molecule has 0 bridgehead atoms. The van der Waals surface area contributed by atoms with Crippen molar-refractivity contribution in [3.05, 3.63) is 94.9 Å². The second-order valence-electron chi connectivity index (χ2n) is 9.62. The first-order valence-corrected chi connectivity index (χ1v) is 12.2. The van der Waals surface area contributed by atoms with E-state index in [9.17, 15) is 14.4 Å².